The van der Waals surface area contributed by atoms with E-state index in [2.05, 4.69) is 15.5 Å². The van der Waals surface area contributed by atoms with Crippen LogP contribution in [0, 0.1) is 0 Å². The first-order valence-electron chi connectivity index (χ1n) is 5.57. The number of amides is 1. The fourth-order valence-corrected chi connectivity index (χ4v) is 1.63. The molecule has 0 aliphatic rings. The van der Waals surface area contributed by atoms with Crippen molar-refractivity contribution in [3.8, 4) is 0 Å². The summed E-state index contributed by atoms with van der Waals surface area (Å²) in [5, 5.41) is 10.6. The molecule has 17 heavy (non-hydrogen) atoms. The summed E-state index contributed by atoms with van der Waals surface area (Å²) in [7, 11) is 0. The number of nitrogens with one attached hydrogen (secondary N) is 2. The van der Waals surface area contributed by atoms with E-state index in [1.807, 2.05) is 25.1 Å². The highest BCUT2D eigenvalue weighted by molar-refractivity contribution is 6.01. The van der Waals surface area contributed by atoms with Gasteiger partial charge >= 0.3 is 0 Å². The van der Waals surface area contributed by atoms with E-state index in [4.69, 9.17) is 4.74 Å². The maximum Gasteiger partial charge on any atom is 0.253 e. The van der Waals surface area contributed by atoms with Gasteiger partial charge in [0, 0.05) is 12.0 Å². The predicted octanol–water partition coefficient (Wildman–Crippen LogP) is 1.93. The summed E-state index contributed by atoms with van der Waals surface area (Å²) in [4.78, 5) is 11.8. The number of hydrogen-bond acceptors (Lipinski definition) is 3. The number of fused-ring (bicyclic) bond motifs is 1. The number of para-hydroxylation sites is 1. The molecule has 0 spiro atoms. The molecule has 5 nitrogen and oxygen atoms in total. The lowest BCUT2D eigenvalue weighted by Crippen LogP contribution is -2.27. The number of H-pyrrole nitrogens is 1. The highest BCUT2D eigenvalue weighted by atomic mass is 16.5. The predicted molar refractivity (Wildman–Crippen MR) is 65.8 cm³/mol. The molecule has 90 valence electrons. The molecule has 0 aliphatic heterocycles. The third kappa shape index (κ3) is 2.45. The third-order valence-corrected chi connectivity index (χ3v) is 2.52. The van der Waals surface area contributed by atoms with Gasteiger partial charge < -0.3 is 10.1 Å². The molecule has 1 heterocycles. The zero-order valence-corrected chi connectivity index (χ0v) is 9.86. The van der Waals surface area contributed by atoms with Gasteiger partial charge in [0.1, 0.15) is 6.10 Å². The van der Waals surface area contributed by atoms with Gasteiger partial charge in [-0.05, 0) is 19.9 Å². The second kappa shape index (κ2) is 4.97. The maximum atomic E-state index is 11.8. The fraction of sp³-hybridized carbons (Fsp3) is 0.333. The number of rotatable bonds is 4. The van der Waals surface area contributed by atoms with E-state index < -0.39 is 6.10 Å². The SMILES string of the molecule is CCO[C@H](C)C(=O)Nc1cccc2cn[nH]c12. The number of carbonyl (C=O) groups excluding carboxylic acids is 1. The van der Waals surface area contributed by atoms with Gasteiger partial charge in [-0.2, -0.15) is 5.10 Å². The smallest absolute Gasteiger partial charge is 0.253 e. The minimum Gasteiger partial charge on any atom is -0.369 e. The number of carbonyl (C=O) groups is 1. The first-order chi connectivity index (χ1) is 8.22. The fourth-order valence-electron chi connectivity index (χ4n) is 1.63. The van der Waals surface area contributed by atoms with Crippen molar-refractivity contribution in [1.82, 2.24) is 10.2 Å². The molecule has 2 aromatic rings. The van der Waals surface area contributed by atoms with E-state index >= 15 is 0 Å². The number of nitrogens with zero attached hydrogens (tertiary/aromatic N) is 1. The van der Waals surface area contributed by atoms with Crippen LogP contribution >= 0.6 is 0 Å². The lowest BCUT2D eigenvalue weighted by atomic mass is 10.2. The molecular formula is C12H15N3O2. The Kier molecular flexibility index (Phi) is 3.39. The van der Waals surface area contributed by atoms with Crippen LogP contribution in [0.25, 0.3) is 10.9 Å². The van der Waals surface area contributed by atoms with Crippen LogP contribution in [-0.4, -0.2) is 28.8 Å². The number of benzene rings is 1. The van der Waals surface area contributed by atoms with E-state index in [0.717, 1.165) is 16.6 Å². The number of aromatic amines is 1. The molecule has 0 bridgehead atoms. The van der Waals surface area contributed by atoms with Gasteiger partial charge in [-0.1, -0.05) is 12.1 Å². The standard InChI is InChI=1S/C12H15N3O2/c1-3-17-8(2)12(16)14-10-6-4-5-9-7-13-15-11(9)10/h4-8H,3H2,1-2H3,(H,13,15)(H,14,16)/t8-/m1/s1. The molecule has 0 aliphatic carbocycles. The van der Waals surface area contributed by atoms with Crippen molar-refractivity contribution in [1.29, 1.82) is 0 Å². The van der Waals surface area contributed by atoms with Crippen molar-refractivity contribution in [2.45, 2.75) is 20.0 Å². The summed E-state index contributed by atoms with van der Waals surface area (Å²) >= 11 is 0. The highest BCUT2D eigenvalue weighted by Gasteiger charge is 2.14. The summed E-state index contributed by atoms with van der Waals surface area (Å²) in [5.74, 6) is -0.158. The minimum atomic E-state index is -0.460. The number of anilines is 1. The molecule has 0 saturated heterocycles. The van der Waals surface area contributed by atoms with Crippen molar-refractivity contribution in [2.24, 2.45) is 0 Å². The number of hydrogen-bond donors (Lipinski definition) is 2. The second-order valence-electron chi connectivity index (χ2n) is 3.73. The topological polar surface area (TPSA) is 67.0 Å². The molecule has 1 amide bonds. The minimum absolute atomic E-state index is 0.158. The van der Waals surface area contributed by atoms with Crippen LogP contribution in [0.15, 0.2) is 24.4 Å². The van der Waals surface area contributed by atoms with Crippen LogP contribution in [0.1, 0.15) is 13.8 Å². The third-order valence-electron chi connectivity index (χ3n) is 2.52. The first-order valence-corrected chi connectivity index (χ1v) is 5.57. The Bertz CT molecular complexity index is 521. The van der Waals surface area contributed by atoms with Gasteiger partial charge in [0.25, 0.3) is 5.91 Å². The van der Waals surface area contributed by atoms with Gasteiger partial charge in [-0.25, -0.2) is 0 Å². The Labute approximate surface area is 99.2 Å². The van der Waals surface area contributed by atoms with Gasteiger partial charge in [0.2, 0.25) is 0 Å². The van der Waals surface area contributed by atoms with Crippen molar-refractivity contribution >= 4 is 22.5 Å². The molecule has 1 aromatic heterocycles. The van der Waals surface area contributed by atoms with Gasteiger partial charge in [0.05, 0.1) is 17.4 Å². The second-order valence-corrected chi connectivity index (χ2v) is 3.73. The van der Waals surface area contributed by atoms with E-state index in [9.17, 15) is 4.79 Å². The summed E-state index contributed by atoms with van der Waals surface area (Å²) < 4.78 is 5.23. The van der Waals surface area contributed by atoms with E-state index in [1.54, 1.807) is 13.1 Å². The monoisotopic (exact) mass is 233 g/mol. The Morgan fingerprint density at radius 2 is 2.41 bits per heavy atom. The summed E-state index contributed by atoms with van der Waals surface area (Å²) in [6, 6.07) is 5.64. The molecule has 0 fully saturated rings. The van der Waals surface area contributed by atoms with Crippen LogP contribution in [0.5, 0.6) is 0 Å². The molecule has 0 unspecified atom stereocenters. The van der Waals surface area contributed by atoms with Crippen molar-refractivity contribution < 1.29 is 9.53 Å². The molecule has 0 radical (unpaired) electrons. The van der Waals surface area contributed by atoms with E-state index in [0.29, 0.717) is 6.61 Å². The highest BCUT2D eigenvalue weighted by Crippen LogP contribution is 2.20. The lowest BCUT2D eigenvalue weighted by Gasteiger charge is -2.12. The van der Waals surface area contributed by atoms with Crippen LogP contribution in [0.2, 0.25) is 0 Å². The molecule has 1 aromatic carbocycles. The Morgan fingerprint density at radius 1 is 1.59 bits per heavy atom. The zero-order valence-electron chi connectivity index (χ0n) is 9.86. The average Bonchev–Trinajstić information content (AvgIpc) is 2.78. The van der Waals surface area contributed by atoms with Crippen molar-refractivity contribution in [3.05, 3.63) is 24.4 Å². The maximum absolute atomic E-state index is 11.8. The Hall–Kier alpha value is -1.88. The molecule has 5 heteroatoms. The Morgan fingerprint density at radius 3 is 3.18 bits per heavy atom. The van der Waals surface area contributed by atoms with Crippen molar-refractivity contribution in [2.75, 3.05) is 11.9 Å². The molecule has 1 atom stereocenters. The van der Waals surface area contributed by atoms with Crippen LogP contribution < -0.4 is 5.32 Å². The zero-order chi connectivity index (χ0) is 12.3. The first kappa shape index (κ1) is 11.6. The van der Waals surface area contributed by atoms with Crippen LogP contribution in [-0.2, 0) is 9.53 Å². The van der Waals surface area contributed by atoms with Gasteiger partial charge in [-0.3, -0.25) is 9.89 Å². The van der Waals surface area contributed by atoms with Gasteiger partial charge in [0.15, 0.2) is 0 Å². The summed E-state index contributed by atoms with van der Waals surface area (Å²) in [6.45, 7) is 4.11. The van der Waals surface area contributed by atoms with Gasteiger partial charge in [-0.15, -0.1) is 0 Å². The number of ether oxygens (including phenoxy) is 1. The van der Waals surface area contributed by atoms with Crippen LogP contribution in [0.3, 0.4) is 0 Å². The molecule has 2 rings (SSSR count). The molecule has 2 N–H and O–H groups in total. The Balaban J connectivity index is 2.18. The summed E-state index contributed by atoms with van der Waals surface area (Å²) in [5.41, 5.74) is 1.54. The molecule has 0 saturated carbocycles. The van der Waals surface area contributed by atoms with E-state index in [1.165, 1.54) is 0 Å². The number of aromatic nitrogens is 2. The van der Waals surface area contributed by atoms with Crippen molar-refractivity contribution in [3.63, 3.8) is 0 Å². The molecular weight excluding hydrogens is 218 g/mol. The quantitative estimate of drug-likeness (QED) is 0.847. The van der Waals surface area contributed by atoms with Crippen LogP contribution in [0.4, 0.5) is 5.69 Å². The average molecular weight is 233 g/mol. The lowest BCUT2D eigenvalue weighted by molar-refractivity contribution is -0.126. The largest absolute Gasteiger partial charge is 0.369 e. The summed E-state index contributed by atoms with van der Waals surface area (Å²) in [6.07, 6.45) is 1.26. The normalized spacial score (nSPS) is 12.6. The van der Waals surface area contributed by atoms with E-state index in [-0.39, 0.29) is 5.91 Å².